The number of aromatic nitrogens is 2. The van der Waals surface area contributed by atoms with Crippen LogP contribution in [0.5, 0.6) is 0 Å². The lowest BCUT2D eigenvalue weighted by Crippen LogP contribution is -2.49. The van der Waals surface area contributed by atoms with Crippen molar-refractivity contribution in [2.24, 2.45) is 5.92 Å². The zero-order valence-corrected chi connectivity index (χ0v) is 26.9. The van der Waals surface area contributed by atoms with Gasteiger partial charge in [-0.15, -0.1) is 0 Å². The number of carbonyl (C=O) groups is 2. The molecular weight excluding hydrogens is 623 g/mol. The van der Waals surface area contributed by atoms with E-state index < -0.39 is 65.2 Å². The first-order valence-corrected chi connectivity index (χ1v) is 15.4. The van der Waals surface area contributed by atoms with Gasteiger partial charge in [0.25, 0.3) is 5.56 Å². The van der Waals surface area contributed by atoms with E-state index in [4.69, 9.17) is 0 Å². The topological polar surface area (TPSA) is 105 Å². The number of likely N-dealkylation sites (tertiary alicyclic amines) is 1. The van der Waals surface area contributed by atoms with Gasteiger partial charge in [0.05, 0.1) is 23.7 Å². The van der Waals surface area contributed by atoms with Crippen molar-refractivity contribution < 1.29 is 36.6 Å². The van der Waals surface area contributed by atoms with E-state index in [0.29, 0.717) is 54.5 Å². The number of rotatable bonds is 12. The number of nitrogens with one attached hydrogen (secondary N) is 1. The number of hydrogen-bond acceptors (Lipinski definition) is 5. The van der Waals surface area contributed by atoms with E-state index in [1.54, 1.807) is 58.9 Å². The Morgan fingerprint density at radius 1 is 1.06 bits per heavy atom. The van der Waals surface area contributed by atoms with Crippen LogP contribution in [-0.4, -0.2) is 57.5 Å². The molecule has 47 heavy (non-hydrogen) atoms. The van der Waals surface area contributed by atoms with Crippen LogP contribution in [0.2, 0.25) is 0 Å². The minimum Gasteiger partial charge on any atom is -0.481 e. The van der Waals surface area contributed by atoms with Gasteiger partial charge in [-0.1, -0.05) is 32.0 Å². The molecule has 0 unspecified atom stereocenters. The molecule has 0 saturated carbocycles. The highest BCUT2D eigenvalue weighted by Crippen LogP contribution is 2.40. The van der Waals surface area contributed by atoms with Crippen molar-refractivity contribution >= 4 is 11.9 Å². The number of carbonyl (C=O) groups excluding carboxylic acids is 1. The normalized spacial score (nSPS) is 15.4. The molecule has 1 saturated heterocycles. The summed E-state index contributed by atoms with van der Waals surface area (Å²) in [6.45, 7) is 9.56. The van der Waals surface area contributed by atoms with Crippen LogP contribution < -0.4 is 10.9 Å². The van der Waals surface area contributed by atoms with E-state index in [1.165, 1.54) is 0 Å². The van der Waals surface area contributed by atoms with Crippen molar-refractivity contribution in [3.63, 3.8) is 0 Å². The molecule has 3 aromatic rings. The standard InChI is InChI=1S/C34H39F5N4O4/c1-18(2)11-28(43-33(47)21(5)12-24(41-43)9-10-42-16-23(35)17-42)32(46)40-27(15-29(44)45)25-13-22(14-26(31(25)36)34(37,38)39)30-19(3)7-6-8-20(30)4/h6-8,12-14,18,23,27-28H,9-11,15-17H2,1-5H3,(H,40,46)(H,44,45)/t27-,28-/m0/s1. The smallest absolute Gasteiger partial charge is 0.419 e. The minimum absolute atomic E-state index is 0.00943. The first kappa shape index (κ1) is 35.7. The number of carboxylic acid groups (broad SMARTS) is 1. The highest BCUT2D eigenvalue weighted by Gasteiger charge is 2.38. The van der Waals surface area contributed by atoms with E-state index >= 15 is 4.39 Å². The molecule has 254 valence electrons. The molecule has 0 spiro atoms. The van der Waals surface area contributed by atoms with Gasteiger partial charge in [-0.2, -0.15) is 18.3 Å². The fourth-order valence-corrected chi connectivity index (χ4v) is 5.97. The number of hydrogen-bond donors (Lipinski definition) is 2. The second kappa shape index (κ2) is 14.3. The molecule has 0 radical (unpaired) electrons. The summed E-state index contributed by atoms with van der Waals surface area (Å²) in [5.74, 6) is -4.26. The molecule has 2 aromatic carbocycles. The Kier molecular flexibility index (Phi) is 10.9. The summed E-state index contributed by atoms with van der Waals surface area (Å²) in [7, 11) is 0. The van der Waals surface area contributed by atoms with E-state index in [1.807, 2.05) is 4.90 Å². The summed E-state index contributed by atoms with van der Waals surface area (Å²) in [6, 6.07) is 5.49. The predicted molar refractivity (Wildman–Crippen MR) is 166 cm³/mol. The Morgan fingerprint density at radius 3 is 2.26 bits per heavy atom. The van der Waals surface area contributed by atoms with Gasteiger partial charge < -0.3 is 10.4 Å². The number of benzene rings is 2. The molecule has 0 aliphatic carbocycles. The Balaban J connectivity index is 1.78. The number of carboxylic acids is 1. The first-order valence-electron chi connectivity index (χ1n) is 15.4. The van der Waals surface area contributed by atoms with Crippen molar-refractivity contribution in [1.29, 1.82) is 0 Å². The zero-order chi connectivity index (χ0) is 34.8. The van der Waals surface area contributed by atoms with E-state index in [-0.39, 0.29) is 23.5 Å². The Labute approximate surface area is 269 Å². The largest absolute Gasteiger partial charge is 0.481 e. The number of aryl methyl sites for hydroxylation is 3. The molecule has 2 atom stereocenters. The molecule has 13 heteroatoms. The number of halogens is 5. The summed E-state index contributed by atoms with van der Waals surface area (Å²) in [6.07, 6.45) is -6.52. The van der Waals surface area contributed by atoms with Crippen LogP contribution in [-0.2, 0) is 22.2 Å². The van der Waals surface area contributed by atoms with Crippen molar-refractivity contribution in [2.45, 2.75) is 78.3 Å². The molecule has 1 aromatic heterocycles. The van der Waals surface area contributed by atoms with Gasteiger partial charge in [-0.3, -0.25) is 19.3 Å². The lowest BCUT2D eigenvalue weighted by atomic mass is 9.90. The predicted octanol–water partition coefficient (Wildman–Crippen LogP) is 6.11. The minimum atomic E-state index is -5.13. The molecule has 0 bridgehead atoms. The van der Waals surface area contributed by atoms with Crippen molar-refractivity contribution in [3.8, 4) is 11.1 Å². The van der Waals surface area contributed by atoms with Gasteiger partial charge in [-0.25, -0.2) is 13.5 Å². The van der Waals surface area contributed by atoms with E-state index in [9.17, 15) is 37.1 Å². The van der Waals surface area contributed by atoms with Gasteiger partial charge in [0.1, 0.15) is 18.0 Å². The highest BCUT2D eigenvalue weighted by molar-refractivity contribution is 5.82. The van der Waals surface area contributed by atoms with Crippen LogP contribution >= 0.6 is 0 Å². The molecule has 1 fully saturated rings. The van der Waals surface area contributed by atoms with Crippen molar-refractivity contribution in [1.82, 2.24) is 20.0 Å². The molecule has 2 N–H and O–H groups in total. The van der Waals surface area contributed by atoms with Crippen LogP contribution in [0.4, 0.5) is 22.0 Å². The second-order valence-corrected chi connectivity index (χ2v) is 12.7. The molecule has 8 nitrogen and oxygen atoms in total. The van der Waals surface area contributed by atoms with E-state index in [2.05, 4.69) is 10.4 Å². The van der Waals surface area contributed by atoms with Gasteiger partial charge in [-0.05, 0) is 73.6 Å². The molecular formula is C34H39F5N4O4. The fraction of sp³-hybridized carbons (Fsp3) is 0.471. The summed E-state index contributed by atoms with van der Waals surface area (Å²) in [4.78, 5) is 41.1. The monoisotopic (exact) mass is 662 g/mol. The Morgan fingerprint density at radius 2 is 1.70 bits per heavy atom. The average molecular weight is 663 g/mol. The van der Waals surface area contributed by atoms with Gasteiger partial charge in [0, 0.05) is 37.2 Å². The van der Waals surface area contributed by atoms with Crippen LogP contribution in [0.25, 0.3) is 11.1 Å². The molecule has 1 amide bonds. The molecule has 2 heterocycles. The van der Waals surface area contributed by atoms with Crippen molar-refractivity contribution in [3.05, 3.63) is 86.1 Å². The van der Waals surface area contributed by atoms with Gasteiger partial charge in [0.15, 0.2) is 0 Å². The third-order valence-electron chi connectivity index (χ3n) is 8.30. The fourth-order valence-electron chi connectivity index (χ4n) is 5.97. The van der Waals surface area contributed by atoms with Crippen molar-refractivity contribution in [2.75, 3.05) is 19.6 Å². The third-order valence-corrected chi connectivity index (χ3v) is 8.30. The highest BCUT2D eigenvalue weighted by atomic mass is 19.4. The summed E-state index contributed by atoms with van der Waals surface area (Å²) >= 11 is 0. The van der Waals surface area contributed by atoms with Crippen LogP contribution in [0.15, 0.2) is 41.2 Å². The quantitative estimate of drug-likeness (QED) is 0.227. The van der Waals surface area contributed by atoms with Crippen LogP contribution in [0, 0.1) is 32.5 Å². The van der Waals surface area contributed by atoms with E-state index in [0.717, 1.165) is 10.7 Å². The number of alkyl halides is 4. The maximum Gasteiger partial charge on any atom is 0.419 e. The maximum absolute atomic E-state index is 15.8. The average Bonchev–Trinajstić information content (AvgIpc) is 2.94. The van der Waals surface area contributed by atoms with Crippen LogP contribution in [0.1, 0.15) is 72.3 Å². The van der Waals surface area contributed by atoms with Gasteiger partial charge in [0.2, 0.25) is 5.91 Å². The number of amides is 1. The summed E-state index contributed by atoms with van der Waals surface area (Å²) in [5.41, 5.74) is -0.420. The third kappa shape index (κ3) is 8.43. The first-order chi connectivity index (χ1) is 22.0. The molecule has 1 aliphatic heterocycles. The van der Waals surface area contributed by atoms with Crippen LogP contribution in [0.3, 0.4) is 0 Å². The maximum atomic E-state index is 15.8. The zero-order valence-electron chi connectivity index (χ0n) is 26.9. The number of aliphatic carboxylic acids is 1. The van der Waals surface area contributed by atoms with Gasteiger partial charge >= 0.3 is 12.1 Å². The summed E-state index contributed by atoms with van der Waals surface area (Å²) in [5, 5.41) is 16.6. The lowest BCUT2D eigenvalue weighted by molar-refractivity contribution is -0.140. The molecule has 4 rings (SSSR count). The Bertz CT molecular complexity index is 1680. The second-order valence-electron chi connectivity index (χ2n) is 12.7. The lowest BCUT2D eigenvalue weighted by Gasteiger charge is -2.34. The summed E-state index contributed by atoms with van der Waals surface area (Å²) < 4.78 is 72.6. The Hall–Kier alpha value is -4.13. The molecule has 1 aliphatic rings. The number of nitrogens with zero attached hydrogens (tertiary/aromatic N) is 3. The SMILES string of the molecule is Cc1cccc(C)c1-c1cc([C@H](CC(=O)O)NC(=O)[C@H](CC(C)C)n2nc(CCN3CC(F)C3)cc(C)c2=O)c(F)c(C(F)(F)F)c1.